The molecule has 2 aliphatic heterocycles. The second-order valence-electron chi connectivity index (χ2n) is 8.11. The minimum atomic E-state index is -1.68. The maximum atomic E-state index is 14.2. The normalized spacial score (nSPS) is 22.2. The summed E-state index contributed by atoms with van der Waals surface area (Å²) in [5.41, 5.74) is -0.911. The van der Waals surface area contributed by atoms with Gasteiger partial charge in [0.15, 0.2) is 11.5 Å². The maximum Gasteiger partial charge on any atom is 0.289 e. The molecule has 5 rings (SSSR count). The number of alkyl halides is 1. The van der Waals surface area contributed by atoms with Gasteiger partial charge in [-0.3, -0.25) is 14.5 Å². The zero-order valence-electron chi connectivity index (χ0n) is 16.4. The molecule has 1 N–H and O–H groups in total. The number of carbonyl (C=O) groups is 2. The number of aromatic nitrogens is 3. The predicted octanol–water partition coefficient (Wildman–Crippen LogP) is 1.05. The van der Waals surface area contributed by atoms with Crippen molar-refractivity contribution in [2.45, 2.75) is 37.6 Å². The van der Waals surface area contributed by atoms with Crippen LogP contribution in [-0.4, -0.2) is 68.2 Å². The van der Waals surface area contributed by atoms with Crippen LogP contribution in [0.2, 0.25) is 0 Å². The molecule has 1 atom stereocenters. The van der Waals surface area contributed by atoms with E-state index in [9.17, 15) is 18.4 Å². The molecule has 2 fully saturated rings. The monoisotopic (exact) mass is 416 g/mol. The SMILES string of the molecule is O=C(NCc1ccc(F)cc1)c1nnc2n1CCN1CCN(C(=O)C3(F)CC3)C[C@@H]21. The van der Waals surface area contributed by atoms with E-state index in [1.165, 1.54) is 12.1 Å². The van der Waals surface area contributed by atoms with E-state index in [-0.39, 0.29) is 30.1 Å². The first-order valence-corrected chi connectivity index (χ1v) is 10.1. The molecule has 2 amide bonds. The second-order valence-corrected chi connectivity index (χ2v) is 8.11. The Balaban J connectivity index is 1.30. The van der Waals surface area contributed by atoms with Gasteiger partial charge in [-0.2, -0.15) is 0 Å². The Morgan fingerprint density at radius 2 is 1.83 bits per heavy atom. The van der Waals surface area contributed by atoms with Gasteiger partial charge >= 0.3 is 0 Å². The van der Waals surface area contributed by atoms with E-state index in [0.29, 0.717) is 51.4 Å². The number of nitrogens with one attached hydrogen (secondary N) is 1. The highest BCUT2D eigenvalue weighted by Gasteiger charge is 2.54. The Kier molecular flexibility index (Phi) is 4.53. The van der Waals surface area contributed by atoms with Gasteiger partial charge in [0.25, 0.3) is 11.8 Å². The van der Waals surface area contributed by atoms with Gasteiger partial charge in [0, 0.05) is 39.3 Å². The van der Waals surface area contributed by atoms with Gasteiger partial charge in [-0.1, -0.05) is 12.1 Å². The third kappa shape index (κ3) is 3.34. The Bertz CT molecular complexity index is 988. The largest absolute Gasteiger partial charge is 0.345 e. The van der Waals surface area contributed by atoms with Crippen LogP contribution in [0.4, 0.5) is 8.78 Å². The minimum Gasteiger partial charge on any atom is -0.345 e. The first-order chi connectivity index (χ1) is 14.4. The number of benzene rings is 1. The Morgan fingerprint density at radius 3 is 2.57 bits per heavy atom. The molecule has 0 spiro atoms. The van der Waals surface area contributed by atoms with Crippen molar-refractivity contribution in [3.63, 3.8) is 0 Å². The van der Waals surface area contributed by atoms with Crippen LogP contribution in [0.15, 0.2) is 24.3 Å². The number of nitrogens with zero attached hydrogens (tertiary/aromatic N) is 5. The van der Waals surface area contributed by atoms with Gasteiger partial charge in [-0.05, 0) is 30.5 Å². The molecule has 1 saturated carbocycles. The third-order valence-corrected chi connectivity index (χ3v) is 6.11. The summed E-state index contributed by atoms with van der Waals surface area (Å²) in [6.07, 6.45) is 0.594. The fourth-order valence-corrected chi connectivity index (χ4v) is 4.17. The lowest BCUT2D eigenvalue weighted by molar-refractivity contribution is -0.141. The summed E-state index contributed by atoms with van der Waals surface area (Å²) in [5, 5.41) is 11.1. The number of amides is 2. The molecule has 1 aromatic carbocycles. The summed E-state index contributed by atoms with van der Waals surface area (Å²) in [5.74, 6) is -0.303. The molecule has 0 radical (unpaired) electrons. The molecule has 1 aromatic heterocycles. The highest BCUT2D eigenvalue weighted by Crippen LogP contribution is 2.42. The molecule has 1 saturated heterocycles. The van der Waals surface area contributed by atoms with Gasteiger partial charge in [0.2, 0.25) is 5.82 Å². The predicted molar refractivity (Wildman–Crippen MR) is 102 cm³/mol. The maximum absolute atomic E-state index is 14.2. The van der Waals surface area contributed by atoms with E-state index in [2.05, 4.69) is 20.4 Å². The average Bonchev–Trinajstić information content (AvgIpc) is 3.36. The van der Waals surface area contributed by atoms with Crippen molar-refractivity contribution in [3.8, 4) is 0 Å². The van der Waals surface area contributed by atoms with E-state index in [1.54, 1.807) is 21.6 Å². The highest BCUT2D eigenvalue weighted by atomic mass is 19.1. The smallest absolute Gasteiger partial charge is 0.289 e. The number of rotatable bonds is 4. The van der Waals surface area contributed by atoms with E-state index in [1.807, 2.05) is 0 Å². The van der Waals surface area contributed by atoms with Crippen molar-refractivity contribution in [2.24, 2.45) is 0 Å². The quantitative estimate of drug-likeness (QED) is 0.806. The lowest BCUT2D eigenvalue weighted by atomic mass is 10.1. The Morgan fingerprint density at radius 1 is 1.10 bits per heavy atom. The van der Waals surface area contributed by atoms with Crippen molar-refractivity contribution < 1.29 is 18.4 Å². The summed E-state index contributed by atoms with van der Waals surface area (Å²) < 4.78 is 29.0. The van der Waals surface area contributed by atoms with Crippen molar-refractivity contribution in [2.75, 3.05) is 26.2 Å². The second kappa shape index (κ2) is 7.12. The first kappa shape index (κ1) is 19.1. The van der Waals surface area contributed by atoms with Crippen molar-refractivity contribution in [1.29, 1.82) is 0 Å². The van der Waals surface area contributed by atoms with Gasteiger partial charge in [0.05, 0.1) is 6.04 Å². The van der Waals surface area contributed by atoms with Gasteiger partial charge in [0.1, 0.15) is 5.82 Å². The number of hydrogen-bond donors (Lipinski definition) is 1. The summed E-state index contributed by atoms with van der Waals surface area (Å²) in [6, 6.07) is 5.70. The third-order valence-electron chi connectivity index (χ3n) is 6.11. The fraction of sp³-hybridized carbons (Fsp3) is 0.500. The van der Waals surface area contributed by atoms with E-state index >= 15 is 0 Å². The fourth-order valence-electron chi connectivity index (χ4n) is 4.17. The Labute approximate surface area is 171 Å². The van der Waals surface area contributed by atoms with Crippen LogP contribution in [0.5, 0.6) is 0 Å². The zero-order chi connectivity index (χ0) is 20.9. The molecule has 30 heavy (non-hydrogen) atoms. The van der Waals surface area contributed by atoms with Crippen LogP contribution >= 0.6 is 0 Å². The number of carbonyl (C=O) groups excluding carboxylic acids is 2. The van der Waals surface area contributed by atoms with E-state index in [4.69, 9.17) is 0 Å². The molecular weight excluding hydrogens is 394 g/mol. The zero-order valence-corrected chi connectivity index (χ0v) is 16.4. The van der Waals surface area contributed by atoms with Crippen LogP contribution in [0.3, 0.4) is 0 Å². The van der Waals surface area contributed by atoms with Crippen LogP contribution in [-0.2, 0) is 17.9 Å². The summed E-state index contributed by atoms with van der Waals surface area (Å²) in [6.45, 7) is 3.01. The molecule has 3 aliphatic rings. The lowest BCUT2D eigenvalue weighted by Crippen LogP contribution is -2.55. The van der Waals surface area contributed by atoms with Crippen molar-refractivity contribution in [1.82, 2.24) is 29.9 Å². The van der Waals surface area contributed by atoms with Crippen LogP contribution < -0.4 is 5.32 Å². The molecule has 8 nitrogen and oxygen atoms in total. The summed E-state index contributed by atoms with van der Waals surface area (Å²) in [7, 11) is 0. The van der Waals surface area contributed by atoms with Crippen molar-refractivity contribution >= 4 is 11.8 Å². The number of hydrogen-bond acceptors (Lipinski definition) is 5. The van der Waals surface area contributed by atoms with E-state index in [0.717, 1.165) is 5.56 Å². The highest BCUT2D eigenvalue weighted by molar-refractivity contribution is 5.90. The minimum absolute atomic E-state index is 0.204. The molecule has 158 valence electrons. The topological polar surface area (TPSA) is 83.4 Å². The number of halogens is 2. The molecule has 2 aromatic rings. The molecule has 3 heterocycles. The molecule has 10 heteroatoms. The first-order valence-electron chi connectivity index (χ1n) is 10.1. The van der Waals surface area contributed by atoms with Crippen molar-refractivity contribution in [3.05, 3.63) is 47.3 Å². The van der Waals surface area contributed by atoms with Crippen LogP contribution in [0, 0.1) is 5.82 Å². The van der Waals surface area contributed by atoms with Gasteiger partial charge < -0.3 is 14.8 Å². The van der Waals surface area contributed by atoms with Crippen LogP contribution in [0.1, 0.15) is 40.9 Å². The van der Waals surface area contributed by atoms with Gasteiger partial charge in [-0.15, -0.1) is 10.2 Å². The summed E-state index contributed by atoms with van der Waals surface area (Å²) >= 11 is 0. The number of piperazine rings is 1. The van der Waals surface area contributed by atoms with Crippen LogP contribution in [0.25, 0.3) is 0 Å². The lowest BCUT2D eigenvalue weighted by Gasteiger charge is -2.43. The number of fused-ring (bicyclic) bond motifs is 3. The molecule has 1 aliphatic carbocycles. The Hall–Kier alpha value is -2.88. The summed E-state index contributed by atoms with van der Waals surface area (Å²) in [4.78, 5) is 28.9. The molecule has 0 bridgehead atoms. The van der Waals surface area contributed by atoms with Gasteiger partial charge in [-0.25, -0.2) is 8.78 Å². The standard InChI is InChI=1S/C20H22F2N6O2/c21-14-3-1-13(2-4-14)11-23-18(29)17-25-24-16-15-12-27(19(30)20(22)5-6-20)8-7-26(15)9-10-28(16)17/h1-4,15H,5-12H2,(H,23,29)/t15-/m0/s1. The average molecular weight is 416 g/mol. The molecule has 0 unspecified atom stereocenters. The molecular formula is C20H22F2N6O2. The van der Waals surface area contributed by atoms with E-state index < -0.39 is 11.6 Å².